The highest BCUT2D eigenvalue weighted by atomic mass is 16.4. The van der Waals surface area contributed by atoms with E-state index in [2.05, 4.69) is 27.7 Å². The highest BCUT2D eigenvalue weighted by Crippen LogP contribution is 1.90. The number of hydrogen-bond acceptors (Lipinski definition) is 6. The zero-order valence-electron chi connectivity index (χ0n) is 15.9. The molecule has 0 fully saturated rings. The quantitative estimate of drug-likeness (QED) is 0.390. The smallest absolute Gasteiger partial charge is 0.305 e. The van der Waals surface area contributed by atoms with Crippen LogP contribution in [0.1, 0.15) is 102 Å². The van der Waals surface area contributed by atoms with E-state index >= 15 is 0 Å². The van der Waals surface area contributed by atoms with Gasteiger partial charge in [-0.05, 0) is 6.42 Å². The van der Waals surface area contributed by atoms with Crippen LogP contribution in [-0.4, -0.2) is 46.8 Å². The SMILES string of the molecule is C.C.C.C.CCCC.CCCC.N[C@@H](C=O)CC(=O)O.N[C@@H](C=O)CCC(=O)O. The minimum atomic E-state index is -1.05. The first-order chi connectivity index (χ1) is 11.7. The van der Waals surface area contributed by atoms with Gasteiger partial charge in [0.25, 0.3) is 0 Å². The molecule has 0 aromatic heterocycles. The summed E-state index contributed by atoms with van der Waals surface area (Å²) in [6.07, 6.45) is 6.12. The van der Waals surface area contributed by atoms with Crippen molar-refractivity contribution >= 4 is 24.5 Å². The molecule has 0 radical (unpaired) electrons. The van der Waals surface area contributed by atoms with E-state index in [0.29, 0.717) is 12.6 Å². The lowest BCUT2D eigenvalue weighted by Gasteiger charge is -1.97. The van der Waals surface area contributed by atoms with Gasteiger partial charge in [-0.3, -0.25) is 9.59 Å². The Balaban J connectivity index is -0.0000000341. The Labute approximate surface area is 180 Å². The number of carboxylic acids is 2. The number of rotatable bonds is 9. The third kappa shape index (κ3) is 88.1. The van der Waals surface area contributed by atoms with Crippen LogP contribution in [0.5, 0.6) is 0 Å². The molecule has 0 aliphatic rings. The van der Waals surface area contributed by atoms with Gasteiger partial charge in [0.15, 0.2) is 0 Å². The minimum absolute atomic E-state index is 0. The van der Waals surface area contributed by atoms with E-state index in [9.17, 15) is 19.2 Å². The average Bonchev–Trinajstić information content (AvgIpc) is 2.59. The van der Waals surface area contributed by atoms with Crippen LogP contribution in [0.2, 0.25) is 0 Å². The van der Waals surface area contributed by atoms with Crippen molar-refractivity contribution in [1.29, 1.82) is 0 Å². The number of aliphatic carboxylic acids is 2. The molecule has 182 valence electrons. The number of unbranched alkanes of at least 4 members (excludes halogenated alkanes) is 2. The Hall–Kier alpha value is -1.80. The van der Waals surface area contributed by atoms with Gasteiger partial charge < -0.3 is 31.3 Å². The molecule has 0 aliphatic carbocycles. The van der Waals surface area contributed by atoms with Gasteiger partial charge in [-0.1, -0.05) is 83.1 Å². The van der Waals surface area contributed by atoms with Crippen molar-refractivity contribution in [3.63, 3.8) is 0 Å². The minimum Gasteiger partial charge on any atom is -0.481 e. The van der Waals surface area contributed by atoms with Crippen LogP contribution < -0.4 is 11.5 Å². The monoisotopic (exact) mass is 428 g/mol. The fourth-order valence-electron chi connectivity index (χ4n) is 0.608. The van der Waals surface area contributed by atoms with Crippen molar-refractivity contribution in [3.05, 3.63) is 0 Å². The van der Waals surface area contributed by atoms with Gasteiger partial charge in [0.2, 0.25) is 0 Å². The summed E-state index contributed by atoms with van der Waals surface area (Å²) in [4.78, 5) is 39.0. The Bertz CT molecular complexity index is 318. The molecule has 0 heterocycles. The van der Waals surface area contributed by atoms with Gasteiger partial charge in [0, 0.05) is 6.42 Å². The zero-order valence-corrected chi connectivity index (χ0v) is 15.9. The normalized spacial score (nSPS) is 9.45. The summed E-state index contributed by atoms with van der Waals surface area (Å²) >= 11 is 0. The van der Waals surface area contributed by atoms with Gasteiger partial charge in [-0.15, -0.1) is 0 Å². The van der Waals surface area contributed by atoms with Crippen molar-refractivity contribution in [2.75, 3.05) is 0 Å². The molecule has 0 saturated carbocycles. The summed E-state index contributed by atoms with van der Waals surface area (Å²) in [6.45, 7) is 8.72. The van der Waals surface area contributed by atoms with E-state index < -0.39 is 24.0 Å². The molecule has 0 bridgehead atoms. The molecular weight excluding hydrogens is 376 g/mol. The van der Waals surface area contributed by atoms with Crippen molar-refractivity contribution in [2.45, 2.75) is 114 Å². The Kier molecular flexibility index (Phi) is 78.8. The van der Waals surface area contributed by atoms with Crippen molar-refractivity contribution in [3.8, 4) is 0 Å². The van der Waals surface area contributed by atoms with Gasteiger partial charge in [0.1, 0.15) is 12.6 Å². The lowest BCUT2D eigenvalue weighted by molar-refractivity contribution is -0.138. The molecule has 0 unspecified atom stereocenters. The van der Waals surface area contributed by atoms with Crippen LogP contribution in [0, 0.1) is 0 Å². The molecule has 0 saturated heterocycles. The maximum Gasteiger partial charge on any atom is 0.305 e. The first-order valence-corrected chi connectivity index (χ1v) is 8.51. The first-order valence-electron chi connectivity index (χ1n) is 8.51. The Morgan fingerprint density at radius 1 is 0.724 bits per heavy atom. The van der Waals surface area contributed by atoms with Crippen LogP contribution in [0.15, 0.2) is 0 Å². The van der Waals surface area contributed by atoms with Crippen LogP contribution in [0.3, 0.4) is 0 Å². The maximum atomic E-state index is 9.85. The average molecular weight is 429 g/mol. The number of carboxylic acid groups (broad SMARTS) is 2. The summed E-state index contributed by atoms with van der Waals surface area (Å²) in [5.74, 6) is -1.98. The molecule has 6 N–H and O–H groups in total. The molecule has 29 heavy (non-hydrogen) atoms. The van der Waals surface area contributed by atoms with Crippen molar-refractivity contribution in [1.82, 2.24) is 0 Å². The third-order valence-corrected chi connectivity index (χ3v) is 2.45. The molecule has 0 spiro atoms. The number of nitrogens with two attached hydrogens (primary N) is 2. The summed E-state index contributed by atoms with van der Waals surface area (Å²) < 4.78 is 0. The van der Waals surface area contributed by atoms with E-state index in [1.165, 1.54) is 25.7 Å². The standard InChI is InChI=1S/C5H9NO3.C4H7NO3.2C4H10.4CH4/c6-4(3-7)1-2-5(8)9;5-3(2-6)1-4(7)8;2*1-3-4-2;;;;/h3-4H,1-2,6H2,(H,8,9);2-3H,1,5H2,(H,7,8);2*3-4H2,1-2H3;4*1H4/t4-;3-;;;;;;/m11....../s1. The van der Waals surface area contributed by atoms with Crippen molar-refractivity contribution in [2.24, 2.45) is 11.5 Å². The molecule has 2 atom stereocenters. The maximum absolute atomic E-state index is 9.85. The van der Waals surface area contributed by atoms with Crippen LogP contribution in [0.4, 0.5) is 0 Å². The lowest BCUT2D eigenvalue weighted by Crippen LogP contribution is -2.24. The van der Waals surface area contributed by atoms with Gasteiger partial charge in [0.05, 0.1) is 18.5 Å². The Morgan fingerprint density at radius 2 is 1.03 bits per heavy atom. The van der Waals surface area contributed by atoms with Gasteiger partial charge in [-0.2, -0.15) is 0 Å². The highest BCUT2D eigenvalue weighted by molar-refractivity contribution is 5.73. The predicted molar refractivity (Wildman–Crippen MR) is 125 cm³/mol. The molecule has 0 aromatic carbocycles. The predicted octanol–water partition coefficient (Wildman–Crippen LogP) is 4.52. The van der Waals surface area contributed by atoms with Gasteiger partial charge in [-0.25, -0.2) is 0 Å². The molecule has 0 aromatic rings. The number of carbonyl (C=O) groups excluding carboxylic acids is 2. The first kappa shape index (κ1) is 50.6. The summed E-state index contributed by atoms with van der Waals surface area (Å²) in [6, 6.07) is -1.48. The number of aldehydes is 2. The second-order valence-corrected chi connectivity index (χ2v) is 5.13. The van der Waals surface area contributed by atoms with Crippen LogP contribution in [0.25, 0.3) is 0 Å². The second kappa shape index (κ2) is 45.1. The number of carbonyl (C=O) groups is 4. The molecule has 0 rings (SSSR count). The lowest BCUT2D eigenvalue weighted by atomic mass is 10.2. The molecule has 8 nitrogen and oxygen atoms in total. The van der Waals surface area contributed by atoms with Crippen LogP contribution in [-0.2, 0) is 19.2 Å². The molecule has 0 amide bonds. The van der Waals surface area contributed by atoms with E-state index in [1.54, 1.807) is 0 Å². The third-order valence-electron chi connectivity index (χ3n) is 2.45. The summed E-state index contributed by atoms with van der Waals surface area (Å²) in [5.41, 5.74) is 10.0. The van der Waals surface area contributed by atoms with Gasteiger partial charge >= 0.3 is 11.9 Å². The zero-order chi connectivity index (χ0) is 20.7. The van der Waals surface area contributed by atoms with E-state index in [-0.39, 0.29) is 49.0 Å². The largest absolute Gasteiger partial charge is 0.481 e. The molecule has 8 heteroatoms. The highest BCUT2D eigenvalue weighted by Gasteiger charge is 2.04. The number of hydrogen-bond donors (Lipinski definition) is 4. The van der Waals surface area contributed by atoms with E-state index in [0.717, 1.165) is 0 Å². The Morgan fingerprint density at radius 3 is 1.17 bits per heavy atom. The second-order valence-electron chi connectivity index (χ2n) is 5.13. The summed E-state index contributed by atoms with van der Waals surface area (Å²) in [5, 5.41) is 16.1. The molecule has 0 aliphatic heterocycles. The van der Waals surface area contributed by atoms with E-state index in [1.807, 2.05) is 0 Å². The van der Waals surface area contributed by atoms with E-state index in [4.69, 9.17) is 21.7 Å². The summed E-state index contributed by atoms with van der Waals surface area (Å²) in [7, 11) is 0. The topological polar surface area (TPSA) is 161 Å². The fraction of sp³-hybridized carbons (Fsp3) is 0.810. The molecular formula is C21H52N2O6. The fourth-order valence-corrected chi connectivity index (χ4v) is 0.608. The van der Waals surface area contributed by atoms with Crippen molar-refractivity contribution < 1.29 is 29.4 Å². The van der Waals surface area contributed by atoms with Crippen LogP contribution >= 0.6 is 0 Å².